The summed E-state index contributed by atoms with van der Waals surface area (Å²) in [7, 11) is 0. The molecular weight excluding hydrogens is 310 g/mol. The van der Waals surface area contributed by atoms with Crippen molar-refractivity contribution in [2.24, 2.45) is 0 Å². The maximum Gasteiger partial charge on any atom is 0.0648 e. The van der Waals surface area contributed by atoms with Gasteiger partial charge in [-0.05, 0) is 48.7 Å². The van der Waals surface area contributed by atoms with E-state index in [4.69, 9.17) is 11.6 Å². The van der Waals surface area contributed by atoms with Gasteiger partial charge in [0.15, 0.2) is 0 Å². The third kappa shape index (κ3) is 3.27. The van der Waals surface area contributed by atoms with E-state index in [9.17, 15) is 0 Å². The number of benzene rings is 2. The minimum atomic E-state index is 0.730. The van der Waals surface area contributed by atoms with Crippen LogP contribution in [0, 0.1) is 13.8 Å². The molecular formula is C15H15BrClN. The van der Waals surface area contributed by atoms with Crippen LogP contribution in [0.25, 0.3) is 0 Å². The molecule has 0 heterocycles. The lowest BCUT2D eigenvalue weighted by Gasteiger charge is -2.10. The van der Waals surface area contributed by atoms with Gasteiger partial charge in [0, 0.05) is 11.0 Å². The minimum absolute atomic E-state index is 0.730. The smallest absolute Gasteiger partial charge is 0.0648 e. The largest absolute Gasteiger partial charge is 0.380 e. The monoisotopic (exact) mass is 323 g/mol. The summed E-state index contributed by atoms with van der Waals surface area (Å²) < 4.78 is 0.990. The molecule has 0 saturated carbocycles. The van der Waals surface area contributed by atoms with Crippen LogP contribution in [0.2, 0.25) is 5.02 Å². The first-order chi connectivity index (χ1) is 8.56. The molecule has 0 saturated heterocycles. The third-order valence-electron chi connectivity index (χ3n) is 2.99. The van der Waals surface area contributed by atoms with Crippen LogP contribution in [0.5, 0.6) is 0 Å². The van der Waals surface area contributed by atoms with Gasteiger partial charge in [-0.1, -0.05) is 45.7 Å². The SMILES string of the molecule is Cc1ccc(CNc2ccc(Br)cc2Cl)cc1C. The molecule has 18 heavy (non-hydrogen) atoms. The van der Waals surface area contributed by atoms with Gasteiger partial charge < -0.3 is 5.32 Å². The molecule has 0 amide bonds. The quantitative estimate of drug-likeness (QED) is 0.804. The summed E-state index contributed by atoms with van der Waals surface area (Å²) >= 11 is 9.56. The fourth-order valence-corrected chi connectivity index (χ4v) is 2.48. The Hall–Kier alpha value is -0.990. The molecule has 2 rings (SSSR count). The maximum absolute atomic E-state index is 6.16. The van der Waals surface area contributed by atoms with Gasteiger partial charge in [-0.15, -0.1) is 0 Å². The predicted molar refractivity (Wildman–Crippen MR) is 82.4 cm³/mol. The van der Waals surface area contributed by atoms with E-state index < -0.39 is 0 Å². The Balaban J connectivity index is 2.09. The van der Waals surface area contributed by atoms with Crippen LogP contribution in [0.3, 0.4) is 0 Å². The summed E-state index contributed by atoms with van der Waals surface area (Å²) in [5.74, 6) is 0. The number of anilines is 1. The fourth-order valence-electron chi connectivity index (χ4n) is 1.74. The summed E-state index contributed by atoms with van der Waals surface area (Å²) in [4.78, 5) is 0. The van der Waals surface area contributed by atoms with E-state index in [-0.39, 0.29) is 0 Å². The number of rotatable bonds is 3. The van der Waals surface area contributed by atoms with E-state index in [1.54, 1.807) is 0 Å². The molecule has 0 bridgehead atoms. The van der Waals surface area contributed by atoms with Crippen molar-refractivity contribution in [2.75, 3.05) is 5.32 Å². The Bertz CT molecular complexity index is 566. The predicted octanol–water partition coefficient (Wildman–Crippen LogP) is 5.33. The fraction of sp³-hybridized carbons (Fsp3) is 0.200. The van der Waals surface area contributed by atoms with Gasteiger partial charge in [-0.3, -0.25) is 0 Å². The minimum Gasteiger partial charge on any atom is -0.380 e. The number of hydrogen-bond acceptors (Lipinski definition) is 1. The number of halogens is 2. The van der Waals surface area contributed by atoms with E-state index in [0.29, 0.717) is 0 Å². The summed E-state index contributed by atoms with van der Waals surface area (Å²) in [6, 6.07) is 12.3. The molecule has 2 aromatic rings. The van der Waals surface area contributed by atoms with Gasteiger partial charge in [0.1, 0.15) is 0 Å². The standard InChI is InChI=1S/C15H15BrClN/c1-10-3-4-12(7-11(10)2)9-18-15-6-5-13(16)8-14(15)17/h3-8,18H,9H2,1-2H3. The highest BCUT2D eigenvalue weighted by molar-refractivity contribution is 9.10. The Labute approximate surface area is 121 Å². The highest BCUT2D eigenvalue weighted by atomic mass is 79.9. The summed E-state index contributed by atoms with van der Waals surface area (Å²) in [5.41, 5.74) is 4.85. The normalized spacial score (nSPS) is 10.4. The highest BCUT2D eigenvalue weighted by Gasteiger charge is 2.01. The van der Waals surface area contributed by atoms with Crippen LogP contribution in [-0.2, 0) is 6.54 Å². The molecule has 94 valence electrons. The Morgan fingerprint density at radius 3 is 2.50 bits per heavy atom. The van der Waals surface area contributed by atoms with Crippen LogP contribution in [0.4, 0.5) is 5.69 Å². The highest BCUT2D eigenvalue weighted by Crippen LogP contribution is 2.26. The number of aryl methyl sites for hydroxylation is 2. The van der Waals surface area contributed by atoms with Crippen molar-refractivity contribution in [3.8, 4) is 0 Å². The van der Waals surface area contributed by atoms with Crippen molar-refractivity contribution < 1.29 is 0 Å². The molecule has 1 nitrogen and oxygen atoms in total. The van der Waals surface area contributed by atoms with Crippen molar-refractivity contribution in [2.45, 2.75) is 20.4 Å². The van der Waals surface area contributed by atoms with Crippen molar-refractivity contribution in [3.63, 3.8) is 0 Å². The van der Waals surface area contributed by atoms with Crippen molar-refractivity contribution in [1.29, 1.82) is 0 Å². The lowest BCUT2D eigenvalue weighted by atomic mass is 10.1. The summed E-state index contributed by atoms with van der Waals surface area (Å²) in [5, 5.41) is 4.08. The molecule has 2 aromatic carbocycles. The average Bonchev–Trinajstić information content (AvgIpc) is 2.32. The summed E-state index contributed by atoms with van der Waals surface area (Å²) in [6.07, 6.45) is 0. The van der Waals surface area contributed by atoms with E-state index in [2.05, 4.69) is 53.3 Å². The lowest BCUT2D eigenvalue weighted by molar-refractivity contribution is 1.13. The molecule has 0 fully saturated rings. The van der Waals surface area contributed by atoms with Crippen LogP contribution in [0.15, 0.2) is 40.9 Å². The zero-order valence-corrected chi connectivity index (χ0v) is 12.8. The van der Waals surface area contributed by atoms with Gasteiger partial charge in [-0.2, -0.15) is 0 Å². The molecule has 1 N–H and O–H groups in total. The molecule has 0 atom stereocenters. The number of nitrogens with one attached hydrogen (secondary N) is 1. The zero-order chi connectivity index (χ0) is 13.1. The first kappa shape index (κ1) is 13.4. The van der Waals surface area contributed by atoms with E-state index in [1.165, 1.54) is 16.7 Å². The van der Waals surface area contributed by atoms with Gasteiger partial charge in [0.05, 0.1) is 10.7 Å². The molecule has 0 radical (unpaired) electrons. The Morgan fingerprint density at radius 2 is 1.83 bits per heavy atom. The summed E-state index contributed by atoms with van der Waals surface area (Å²) in [6.45, 7) is 5.03. The topological polar surface area (TPSA) is 12.0 Å². The molecule has 0 unspecified atom stereocenters. The van der Waals surface area contributed by atoms with Gasteiger partial charge in [-0.25, -0.2) is 0 Å². The Kier molecular flexibility index (Phi) is 4.31. The van der Waals surface area contributed by atoms with Crippen LogP contribution < -0.4 is 5.32 Å². The lowest BCUT2D eigenvalue weighted by Crippen LogP contribution is -2.00. The maximum atomic E-state index is 6.16. The van der Waals surface area contributed by atoms with Gasteiger partial charge >= 0.3 is 0 Å². The number of hydrogen-bond donors (Lipinski definition) is 1. The average molecular weight is 325 g/mol. The van der Waals surface area contributed by atoms with E-state index in [1.807, 2.05) is 18.2 Å². The van der Waals surface area contributed by atoms with Gasteiger partial charge in [0.25, 0.3) is 0 Å². The van der Waals surface area contributed by atoms with Gasteiger partial charge in [0.2, 0.25) is 0 Å². The molecule has 0 aliphatic heterocycles. The molecule has 0 aromatic heterocycles. The van der Waals surface area contributed by atoms with Crippen LogP contribution >= 0.6 is 27.5 Å². The molecule has 0 spiro atoms. The van der Waals surface area contributed by atoms with Crippen molar-refractivity contribution in [3.05, 3.63) is 62.6 Å². The second-order valence-electron chi connectivity index (χ2n) is 4.40. The van der Waals surface area contributed by atoms with E-state index >= 15 is 0 Å². The third-order valence-corrected chi connectivity index (χ3v) is 3.79. The van der Waals surface area contributed by atoms with Crippen LogP contribution in [0.1, 0.15) is 16.7 Å². The second-order valence-corrected chi connectivity index (χ2v) is 5.72. The van der Waals surface area contributed by atoms with Crippen LogP contribution in [-0.4, -0.2) is 0 Å². The van der Waals surface area contributed by atoms with Crippen molar-refractivity contribution in [1.82, 2.24) is 0 Å². The molecule has 0 aliphatic carbocycles. The Morgan fingerprint density at radius 1 is 1.06 bits per heavy atom. The van der Waals surface area contributed by atoms with Crippen molar-refractivity contribution >= 4 is 33.2 Å². The molecule has 0 aliphatic rings. The first-order valence-corrected chi connectivity index (χ1v) is 6.98. The first-order valence-electron chi connectivity index (χ1n) is 5.81. The zero-order valence-electron chi connectivity index (χ0n) is 10.4. The van der Waals surface area contributed by atoms with E-state index in [0.717, 1.165) is 21.7 Å². The second kappa shape index (κ2) is 5.77. The molecule has 3 heteroatoms.